The minimum Gasteiger partial charge on any atom is -0.495 e. The number of thiocarbonyl (C=S) groups is 1. The van der Waals surface area contributed by atoms with E-state index < -0.39 is 15.3 Å². The Balaban J connectivity index is 3.04. The molecule has 106 valence electrons. The second kappa shape index (κ2) is 6.40. The first-order valence-electron chi connectivity index (χ1n) is 5.46. The third-order valence-corrected chi connectivity index (χ3v) is 5.08. The number of hydrogen-bond donors (Lipinski definition) is 2. The summed E-state index contributed by atoms with van der Waals surface area (Å²) in [7, 11) is -2.23. The maximum absolute atomic E-state index is 12.1. The Morgan fingerprint density at radius 1 is 1.58 bits per heavy atom. The van der Waals surface area contributed by atoms with Gasteiger partial charge in [-0.1, -0.05) is 30.7 Å². The van der Waals surface area contributed by atoms with Crippen molar-refractivity contribution in [3.63, 3.8) is 0 Å². The lowest BCUT2D eigenvalue weighted by atomic mass is 10.3. The number of methoxy groups -OCH3 is 1. The van der Waals surface area contributed by atoms with E-state index >= 15 is 0 Å². The molecule has 0 aromatic heterocycles. The molecule has 0 aliphatic rings. The smallest absolute Gasteiger partial charge is 0.242 e. The molecule has 0 fully saturated rings. The summed E-state index contributed by atoms with van der Waals surface area (Å²) in [5, 5.41) is -0.518. The lowest BCUT2D eigenvalue weighted by Gasteiger charge is -2.16. The summed E-state index contributed by atoms with van der Waals surface area (Å²) >= 11 is 10.6. The van der Waals surface area contributed by atoms with Crippen LogP contribution >= 0.6 is 23.8 Å². The number of halogens is 1. The van der Waals surface area contributed by atoms with Gasteiger partial charge in [0.05, 0.1) is 22.8 Å². The number of nitrogens with two attached hydrogens (primary N) is 1. The van der Waals surface area contributed by atoms with E-state index in [9.17, 15) is 8.42 Å². The Kier molecular flexibility index (Phi) is 5.39. The molecule has 0 bridgehead atoms. The van der Waals surface area contributed by atoms with Crippen LogP contribution in [0.5, 0.6) is 5.75 Å². The van der Waals surface area contributed by atoms with Crippen LogP contribution in [0.25, 0.3) is 0 Å². The molecule has 1 rings (SSSR count). The van der Waals surface area contributed by atoms with Crippen LogP contribution in [0.3, 0.4) is 0 Å². The summed E-state index contributed by atoms with van der Waals surface area (Å²) in [5.41, 5.74) is 5.78. The molecule has 0 aliphatic heterocycles. The monoisotopic (exact) mass is 322 g/mol. The minimum absolute atomic E-state index is 0.0593. The van der Waals surface area contributed by atoms with E-state index in [-0.39, 0.29) is 4.99 Å². The van der Waals surface area contributed by atoms with Gasteiger partial charge in [-0.25, -0.2) is 8.42 Å². The van der Waals surface area contributed by atoms with Gasteiger partial charge in [-0.3, -0.25) is 4.72 Å². The molecule has 0 radical (unpaired) electrons. The highest BCUT2D eigenvalue weighted by Crippen LogP contribution is 2.28. The molecule has 0 heterocycles. The molecule has 5 nitrogen and oxygen atoms in total. The SMILES string of the molecule is CCC(C(N)=S)S(=O)(=O)Nc1ccc(Cl)c(OC)c1. The zero-order chi connectivity index (χ0) is 14.6. The fraction of sp³-hybridized carbons (Fsp3) is 0.364. The molecule has 0 aliphatic carbocycles. The summed E-state index contributed by atoms with van der Waals surface area (Å²) in [6.45, 7) is 1.70. The van der Waals surface area contributed by atoms with Crippen LogP contribution < -0.4 is 15.2 Å². The van der Waals surface area contributed by atoms with E-state index in [1.54, 1.807) is 13.0 Å². The van der Waals surface area contributed by atoms with Gasteiger partial charge in [0.1, 0.15) is 11.0 Å². The summed E-state index contributed by atoms with van der Waals surface area (Å²) < 4.78 is 31.6. The minimum atomic E-state index is -3.68. The second-order valence-electron chi connectivity index (χ2n) is 3.80. The number of ether oxygens (including phenoxy) is 1. The van der Waals surface area contributed by atoms with Gasteiger partial charge >= 0.3 is 0 Å². The first kappa shape index (κ1) is 16.0. The van der Waals surface area contributed by atoms with Crippen molar-refractivity contribution in [2.75, 3.05) is 11.8 Å². The normalized spacial score (nSPS) is 12.8. The summed E-state index contributed by atoms with van der Waals surface area (Å²) in [4.78, 5) is -0.0593. The molecule has 1 atom stereocenters. The first-order valence-corrected chi connectivity index (χ1v) is 7.79. The van der Waals surface area contributed by atoms with E-state index in [0.29, 0.717) is 22.9 Å². The van der Waals surface area contributed by atoms with Gasteiger partial charge < -0.3 is 10.5 Å². The molecular weight excluding hydrogens is 308 g/mol. The quantitative estimate of drug-likeness (QED) is 0.784. The van der Waals surface area contributed by atoms with Crippen molar-refractivity contribution in [3.05, 3.63) is 23.2 Å². The molecule has 0 saturated heterocycles. The number of benzene rings is 1. The predicted molar refractivity (Wildman–Crippen MR) is 81.4 cm³/mol. The van der Waals surface area contributed by atoms with Crippen molar-refractivity contribution in [2.45, 2.75) is 18.6 Å². The van der Waals surface area contributed by atoms with Crippen LogP contribution in [0.15, 0.2) is 18.2 Å². The van der Waals surface area contributed by atoms with Crippen LogP contribution in [0.1, 0.15) is 13.3 Å². The van der Waals surface area contributed by atoms with E-state index in [0.717, 1.165) is 0 Å². The Labute approximate surface area is 123 Å². The number of rotatable bonds is 6. The molecule has 8 heteroatoms. The maximum atomic E-state index is 12.1. The van der Waals surface area contributed by atoms with Crippen molar-refractivity contribution < 1.29 is 13.2 Å². The average Bonchev–Trinajstić information content (AvgIpc) is 2.31. The highest BCUT2D eigenvalue weighted by molar-refractivity contribution is 7.95. The fourth-order valence-corrected chi connectivity index (χ4v) is 3.62. The number of anilines is 1. The van der Waals surface area contributed by atoms with Gasteiger partial charge in [0.15, 0.2) is 0 Å². The van der Waals surface area contributed by atoms with Crippen molar-refractivity contribution in [2.24, 2.45) is 5.73 Å². The van der Waals surface area contributed by atoms with E-state index in [1.165, 1.54) is 19.2 Å². The van der Waals surface area contributed by atoms with Crippen LogP contribution in [0.2, 0.25) is 5.02 Å². The van der Waals surface area contributed by atoms with Gasteiger partial charge in [-0.15, -0.1) is 0 Å². The molecule has 0 saturated carbocycles. The molecule has 3 N–H and O–H groups in total. The Hall–Kier alpha value is -1.05. The summed E-state index contributed by atoms with van der Waals surface area (Å²) in [5.74, 6) is 0.380. The first-order chi connectivity index (χ1) is 8.81. The van der Waals surface area contributed by atoms with Gasteiger partial charge in [0.25, 0.3) is 0 Å². The van der Waals surface area contributed by atoms with Gasteiger partial charge in [-0.2, -0.15) is 0 Å². The second-order valence-corrected chi connectivity index (χ2v) is 6.54. The predicted octanol–water partition coefficient (Wildman–Crippen LogP) is 2.16. The Morgan fingerprint density at radius 2 is 2.21 bits per heavy atom. The fourth-order valence-electron chi connectivity index (χ4n) is 1.53. The van der Waals surface area contributed by atoms with Crippen molar-refractivity contribution in [3.8, 4) is 5.75 Å². The van der Waals surface area contributed by atoms with Crippen LogP contribution in [-0.2, 0) is 10.0 Å². The van der Waals surface area contributed by atoms with Crippen LogP contribution in [0, 0.1) is 0 Å². The maximum Gasteiger partial charge on any atom is 0.242 e. The highest BCUT2D eigenvalue weighted by Gasteiger charge is 2.26. The zero-order valence-corrected chi connectivity index (χ0v) is 12.9. The Morgan fingerprint density at radius 3 is 2.68 bits per heavy atom. The zero-order valence-electron chi connectivity index (χ0n) is 10.5. The van der Waals surface area contributed by atoms with Crippen molar-refractivity contribution >= 4 is 44.5 Å². The van der Waals surface area contributed by atoms with Gasteiger partial charge in [0.2, 0.25) is 10.0 Å². The van der Waals surface area contributed by atoms with E-state index in [1.807, 2.05) is 0 Å². The van der Waals surface area contributed by atoms with Crippen LogP contribution in [-0.4, -0.2) is 25.8 Å². The third kappa shape index (κ3) is 3.95. The summed E-state index contributed by atoms with van der Waals surface area (Å²) in [6, 6.07) is 4.57. The summed E-state index contributed by atoms with van der Waals surface area (Å²) in [6.07, 6.45) is 0.301. The molecule has 19 heavy (non-hydrogen) atoms. The lowest BCUT2D eigenvalue weighted by Crippen LogP contribution is -2.37. The standard InChI is InChI=1S/C11H15ClN2O3S2/c1-3-10(11(13)18)19(15,16)14-7-4-5-8(12)9(6-7)17-2/h4-6,10,14H,3H2,1-2H3,(H2,13,18). The molecule has 1 aromatic carbocycles. The molecular formula is C11H15ClN2O3S2. The van der Waals surface area contributed by atoms with Crippen molar-refractivity contribution in [1.29, 1.82) is 0 Å². The van der Waals surface area contributed by atoms with Crippen LogP contribution in [0.4, 0.5) is 5.69 Å². The Bertz CT molecular complexity index is 575. The number of hydrogen-bond acceptors (Lipinski definition) is 4. The molecule has 0 amide bonds. The molecule has 0 spiro atoms. The van der Waals surface area contributed by atoms with Gasteiger partial charge in [0, 0.05) is 6.07 Å². The van der Waals surface area contributed by atoms with Gasteiger partial charge in [-0.05, 0) is 18.6 Å². The average molecular weight is 323 g/mol. The van der Waals surface area contributed by atoms with E-state index in [4.69, 9.17) is 34.3 Å². The largest absolute Gasteiger partial charge is 0.495 e. The number of nitrogens with one attached hydrogen (secondary N) is 1. The highest BCUT2D eigenvalue weighted by atomic mass is 35.5. The molecule has 1 unspecified atom stereocenters. The molecule has 1 aromatic rings. The van der Waals surface area contributed by atoms with Crippen molar-refractivity contribution in [1.82, 2.24) is 0 Å². The number of sulfonamides is 1. The topological polar surface area (TPSA) is 81.4 Å². The third-order valence-electron chi connectivity index (χ3n) is 2.47. The lowest BCUT2D eigenvalue weighted by molar-refractivity contribution is 0.415. The van der Waals surface area contributed by atoms with E-state index in [2.05, 4.69) is 4.72 Å².